The molecule has 0 saturated carbocycles. The van der Waals surface area contributed by atoms with Crippen LogP contribution in [0.25, 0.3) is 0 Å². The van der Waals surface area contributed by atoms with Gasteiger partial charge in [0.25, 0.3) is 0 Å². The summed E-state index contributed by atoms with van der Waals surface area (Å²) >= 11 is 1.57. The summed E-state index contributed by atoms with van der Waals surface area (Å²) in [6, 6.07) is 9.36. The van der Waals surface area contributed by atoms with E-state index in [2.05, 4.69) is 11.9 Å². The molecule has 0 aliphatic rings. The van der Waals surface area contributed by atoms with Gasteiger partial charge in [0, 0.05) is 10.9 Å². The molecule has 2 nitrogen and oxygen atoms in total. The van der Waals surface area contributed by atoms with E-state index >= 15 is 0 Å². The monoisotopic (exact) mass is 231 g/mol. The number of ketones is 1. The molecule has 0 aliphatic heterocycles. The maximum absolute atomic E-state index is 11.9. The number of Topliss-reactive ketones (excluding diaryl/α,β-unsaturated/α-hetero) is 1. The molecule has 0 atom stereocenters. The molecular formula is C13H13NOS. The van der Waals surface area contributed by atoms with E-state index in [1.54, 1.807) is 11.3 Å². The molecule has 0 bridgehead atoms. The Morgan fingerprint density at radius 3 is 2.69 bits per heavy atom. The highest BCUT2D eigenvalue weighted by Gasteiger charge is 2.09. The quantitative estimate of drug-likeness (QED) is 0.757. The van der Waals surface area contributed by atoms with E-state index in [1.165, 1.54) is 0 Å². The van der Waals surface area contributed by atoms with Gasteiger partial charge >= 0.3 is 0 Å². The third-order valence-electron chi connectivity index (χ3n) is 2.37. The van der Waals surface area contributed by atoms with Crippen molar-refractivity contribution in [3.63, 3.8) is 0 Å². The first-order valence-electron chi connectivity index (χ1n) is 5.31. The summed E-state index contributed by atoms with van der Waals surface area (Å²) in [5.41, 5.74) is 1.83. The van der Waals surface area contributed by atoms with Crippen LogP contribution < -0.4 is 0 Å². The molecule has 2 aromatic rings. The normalized spacial score (nSPS) is 10.3. The first-order chi connectivity index (χ1) is 7.79. The number of carbonyl (C=O) groups is 1. The number of nitrogens with zero attached hydrogens (tertiary/aromatic N) is 1. The second-order valence-electron chi connectivity index (χ2n) is 3.55. The maximum atomic E-state index is 11.9. The zero-order chi connectivity index (χ0) is 11.4. The Kier molecular flexibility index (Phi) is 3.47. The molecule has 0 amide bonds. The average Bonchev–Trinajstić information content (AvgIpc) is 2.78. The number of hydrogen-bond donors (Lipinski definition) is 0. The highest BCUT2D eigenvalue weighted by molar-refractivity contribution is 7.09. The third kappa shape index (κ3) is 2.55. The molecule has 2 rings (SSSR count). The van der Waals surface area contributed by atoms with Gasteiger partial charge in [-0.3, -0.25) is 4.79 Å². The summed E-state index contributed by atoms with van der Waals surface area (Å²) < 4.78 is 0. The summed E-state index contributed by atoms with van der Waals surface area (Å²) in [6.07, 6.45) is 1.34. The van der Waals surface area contributed by atoms with Gasteiger partial charge in [-0.1, -0.05) is 37.3 Å². The third-order valence-corrected chi connectivity index (χ3v) is 3.27. The highest BCUT2D eigenvalue weighted by atomic mass is 32.1. The molecule has 0 fully saturated rings. The number of aryl methyl sites for hydroxylation is 1. The topological polar surface area (TPSA) is 30.0 Å². The predicted molar refractivity (Wildman–Crippen MR) is 66.0 cm³/mol. The summed E-state index contributed by atoms with van der Waals surface area (Å²) in [5, 5.41) is 2.93. The first kappa shape index (κ1) is 11.0. The van der Waals surface area contributed by atoms with E-state index < -0.39 is 0 Å². The van der Waals surface area contributed by atoms with Gasteiger partial charge in [0.05, 0.1) is 12.1 Å². The molecule has 0 aliphatic carbocycles. The number of hydrogen-bond acceptors (Lipinski definition) is 3. The Morgan fingerprint density at radius 2 is 2.06 bits per heavy atom. The van der Waals surface area contributed by atoms with Crippen LogP contribution in [0.2, 0.25) is 0 Å². The van der Waals surface area contributed by atoms with Gasteiger partial charge in [0.15, 0.2) is 5.78 Å². The zero-order valence-corrected chi connectivity index (χ0v) is 9.96. The van der Waals surface area contributed by atoms with Crippen molar-refractivity contribution in [3.05, 3.63) is 52.0 Å². The highest BCUT2D eigenvalue weighted by Crippen LogP contribution is 2.13. The van der Waals surface area contributed by atoms with E-state index in [-0.39, 0.29) is 5.78 Å². The van der Waals surface area contributed by atoms with E-state index in [1.807, 2.05) is 35.7 Å². The van der Waals surface area contributed by atoms with Gasteiger partial charge in [-0.2, -0.15) is 0 Å². The van der Waals surface area contributed by atoms with Gasteiger partial charge in [-0.15, -0.1) is 11.3 Å². The van der Waals surface area contributed by atoms with E-state index in [0.717, 1.165) is 22.7 Å². The average molecular weight is 231 g/mol. The van der Waals surface area contributed by atoms with Crippen molar-refractivity contribution in [1.29, 1.82) is 0 Å². The molecule has 82 valence electrons. The SMILES string of the molecule is CCc1csc(CC(=O)c2ccccc2)n1. The first-order valence-corrected chi connectivity index (χ1v) is 6.19. The van der Waals surface area contributed by atoms with Crippen LogP contribution in [0.15, 0.2) is 35.7 Å². The van der Waals surface area contributed by atoms with Crippen molar-refractivity contribution in [1.82, 2.24) is 4.98 Å². The van der Waals surface area contributed by atoms with Gasteiger partial charge < -0.3 is 0 Å². The lowest BCUT2D eigenvalue weighted by Gasteiger charge is -1.97. The van der Waals surface area contributed by atoms with Crippen LogP contribution in [0.4, 0.5) is 0 Å². The Morgan fingerprint density at radius 1 is 1.31 bits per heavy atom. The predicted octanol–water partition coefficient (Wildman–Crippen LogP) is 3.13. The molecule has 0 saturated heterocycles. The minimum absolute atomic E-state index is 0.137. The number of aromatic nitrogens is 1. The summed E-state index contributed by atoms with van der Waals surface area (Å²) in [5.74, 6) is 0.137. The van der Waals surface area contributed by atoms with Crippen LogP contribution in [-0.4, -0.2) is 10.8 Å². The van der Waals surface area contributed by atoms with Gasteiger partial charge in [-0.05, 0) is 6.42 Å². The number of thiazole rings is 1. The van der Waals surface area contributed by atoms with E-state index in [9.17, 15) is 4.79 Å². The Bertz CT molecular complexity index is 476. The van der Waals surface area contributed by atoms with Crippen molar-refractivity contribution >= 4 is 17.1 Å². The standard InChI is InChI=1S/C13H13NOS/c1-2-11-9-16-13(14-11)8-12(15)10-6-4-3-5-7-10/h3-7,9H,2,8H2,1H3. The van der Waals surface area contributed by atoms with Gasteiger partial charge in [0.2, 0.25) is 0 Å². The molecule has 16 heavy (non-hydrogen) atoms. The minimum Gasteiger partial charge on any atom is -0.294 e. The molecule has 1 heterocycles. The van der Waals surface area contributed by atoms with Crippen molar-refractivity contribution in [2.24, 2.45) is 0 Å². The van der Waals surface area contributed by atoms with E-state index in [0.29, 0.717) is 6.42 Å². The second kappa shape index (κ2) is 5.03. The zero-order valence-electron chi connectivity index (χ0n) is 9.14. The summed E-state index contributed by atoms with van der Waals surface area (Å²) in [6.45, 7) is 2.07. The summed E-state index contributed by atoms with van der Waals surface area (Å²) in [7, 11) is 0. The van der Waals surface area contributed by atoms with Crippen LogP contribution in [0.1, 0.15) is 28.0 Å². The molecule has 0 radical (unpaired) electrons. The van der Waals surface area contributed by atoms with E-state index in [4.69, 9.17) is 0 Å². The molecule has 3 heteroatoms. The van der Waals surface area contributed by atoms with Crippen LogP contribution in [0.5, 0.6) is 0 Å². The molecule has 0 unspecified atom stereocenters. The number of rotatable bonds is 4. The van der Waals surface area contributed by atoms with Crippen LogP contribution in [-0.2, 0) is 12.8 Å². The molecule has 1 aromatic carbocycles. The lowest BCUT2D eigenvalue weighted by atomic mass is 10.1. The number of benzene rings is 1. The molecular weight excluding hydrogens is 218 g/mol. The maximum Gasteiger partial charge on any atom is 0.169 e. The summed E-state index contributed by atoms with van der Waals surface area (Å²) in [4.78, 5) is 16.3. The molecule has 0 N–H and O–H groups in total. The smallest absolute Gasteiger partial charge is 0.169 e. The van der Waals surface area contributed by atoms with Gasteiger partial charge in [-0.25, -0.2) is 4.98 Å². The van der Waals surface area contributed by atoms with Gasteiger partial charge in [0.1, 0.15) is 5.01 Å². The van der Waals surface area contributed by atoms with Crippen molar-refractivity contribution in [2.45, 2.75) is 19.8 Å². The van der Waals surface area contributed by atoms with Crippen molar-refractivity contribution in [3.8, 4) is 0 Å². The fraction of sp³-hybridized carbons (Fsp3) is 0.231. The Hall–Kier alpha value is -1.48. The second-order valence-corrected chi connectivity index (χ2v) is 4.49. The van der Waals surface area contributed by atoms with Crippen molar-refractivity contribution < 1.29 is 4.79 Å². The molecule has 1 aromatic heterocycles. The molecule has 0 spiro atoms. The van der Waals surface area contributed by atoms with Crippen molar-refractivity contribution in [2.75, 3.05) is 0 Å². The fourth-order valence-electron chi connectivity index (χ4n) is 1.46. The fourth-order valence-corrected chi connectivity index (χ4v) is 2.33. The van der Waals surface area contributed by atoms with Crippen LogP contribution >= 0.6 is 11.3 Å². The van der Waals surface area contributed by atoms with Crippen LogP contribution in [0.3, 0.4) is 0 Å². The largest absolute Gasteiger partial charge is 0.294 e. The Balaban J connectivity index is 2.08. The lowest BCUT2D eigenvalue weighted by molar-refractivity contribution is 0.0993. The van der Waals surface area contributed by atoms with Crippen LogP contribution in [0, 0.1) is 0 Å². The lowest BCUT2D eigenvalue weighted by Crippen LogP contribution is -2.02. The Labute approximate surface area is 99.0 Å². The number of carbonyl (C=O) groups excluding carboxylic acids is 1. The minimum atomic E-state index is 0.137.